The van der Waals surface area contributed by atoms with E-state index in [-0.39, 0.29) is 11.7 Å². The third kappa shape index (κ3) is 4.27. The molecule has 6 heteroatoms. The van der Waals surface area contributed by atoms with Gasteiger partial charge >= 0.3 is 0 Å². The lowest BCUT2D eigenvalue weighted by atomic mass is 10.2. The maximum Gasteiger partial charge on any atom is 0.266 e. The van der Waals surface area contributed by atoms with Crippen LogP contribution >= 0.6 is 24.0 Å². The van der Waals surface area contributed by atoms with Crippen molar-refractivity contribution in [1.82, 2.24) is 4.90 Å². The SMILES string of the molecule is CCN1C(=O)/C(=C\c2cccc(OCc3ccc(F)cc3)c2)SC1=S. The van der Waals surface area contributed by atoms with Gasteiger partial charge in [0.1, 0.15) is 22.5 Å². The van der Waals surface area contributed by atoms with Gasteiger partial charge in [-0.05, 0) is 48.4 Å². The van der Waals surface area contributed by atoms with Gasteiger partial charge < -0.3 is 4.74 Å². The molecule has 3 nitrogen and oxygen atoms in total. The standard InChI is InChI=1S/C19H16FNO2S2/c1-2-21-18(22)17(25-19(21)24)11-14-4-3-5-16(10-14)23-12-13-6-8-15(20)9-7-13/h3-11H,2,12H2,1H3/b17-11+. The second kappa shape index (κ2) is 7.80. The van der Waals surface area contributed by atoms with Crippen LogP contribution in [0.15, 0.2) is 53.4 Å². The van der Waals surface area contributed by atoms with E-state index < -0.39 is 0 Å². The second-order valence-electron chi connectivity index (χ2n) is 5.41. The number of hydrogen-bond acceptors (Lipinski definition) is 4. The number of likely N-dealkylation sites (N-methyl/N-ethyl adjacent to an activating group) is 1. The van der Waals surface area contributed by atoms with Crippen molar-refractivity contribution < 1.29 is 13.9 Å². The summed E-state index contributed by atoms with van der Waals surface area (Å²) in [6.45, 7) is 2.82. The Balaban J connectivity index is 1.71. The molecule has 0 aromatic heterocycles. The van der Waals surface area contributed by atoms with Gasteiger partial charge in [0, 0.05) is 6.54 Å². The maximum absolute atomic E-state index is 12.9. The Kier molecular flexibility index (Phi) is 5.50. The Labute approximate surface area is 155 Å². The van der Waals surface area contributed by atoms with Crippen LogP contribution in [0.1, 0.15) is 18.1 Å². The van der Waals surface area contributed by atoms with Gasteiger partial charge in [0.15, 0.2) is 0 Å². The number of carbonyl (C=O) groups excluding carboxylic acids is 1. The van der Waals surface area contributed by atoms with Crippen molar-refractivity contribution in [2.75, 3.05) is 6.54 Å². The number of thioether (sulfide) groups is 1. The first kappa shape index (κ1) is 17.6. The molecule has 1 aliphatic rings. The van der Waals surface area contributed by atoms with E-state index in [1.807, 2.05) is 37.3 Å². The predicted octanol–water partition coefficient (Wildman–Crippen LogP) is 4.63. The van der Waals surface area contributed by atoms with E-state index in [0.717, 1.165) is 11.1 Å². The quantitative estimate of drug-likeness (QED) is 0.565. The highest BCUT2D eigenvalue weighted by Gasteiger charge is 2.30. The highest BCUT2D eigenvalue weighted by molar-refractivity contribution is 8.26. The summed E-state index contributed by atoms with van der Waals surface area (Å²) >= 11 is 6.53. The molecule has 3 rings (SSSR count). The molecule has 25 heavy (non-hydrogen) atoms. The molecule has 0 N–H and O–H groups in total. The van der Waals surface area contributed by atoms with Gasteiger partial charge in [-0.1, -0.05) is 48.2 Å². The maximum atomic E-state index is 12.9. The van der Waals surface area contributed by atoms with Gasteiger partial charge in [-0.15, -0.1) is 0 Å². The summed E-state index contributed by atoms with van der Waals surface area (Å²) in [4.78, 5) is 14.5. The zero-order valence-corrected chi connectivity index (χ0v) is 15.2. The highest BCUT2D eigenvalue weighted by atomic mass is 32.2. The molecule has 0 aliphatic carbocycles. The molecule has 0 spiro atoms. The lowest BCUT2D eigenvalue weighted by Gasteiger charge is -2.09. The molecular weight excluding hydrogens is 357 g/mol. The van der Waals surface area contributed by atoms with Crippen LogP contribution < -0.4 is 4.74 Å². The van der Waals surface area contributed by atoms with Crippen LogP contribution in [-0.4, -0.2) is 21.7 Å². The molecule has 1 fully saturated rings. The van der Waals surface area contributed by atoms with Crippen LogP contribution in [0, 0.1) is 5.82 Å². The normalized spacial score (nSPS) is 15.9. The third-order valence-corrected chi connectivity index (χ3v) is 5.04. The van der Waals surface area contributed by atoms with Gasteiger partial charge in [-0.2, -0.15) is 0 Å². The van der Waals surface area contributed by atoms with Crippen molar-refractivity contribution in [2.45, 2.75) is 13.5 Å². The Hall–Kier alpha value is -2.18. The monoisotopic (exact) mass is 373 g/mol. The number of halogens is 1. The number of nitrogens with zero attached hydrogens (tertiary/aromatic N) is 1. The number of ether oxygens (including phenoxy) is 1. The van der Waals surface area contributed by atoms with Crippen LogP contribution in [0.2, 0.25) is 0 Å². The van der Waals surface area contributed by atoms with Gasteiger partial charge in [0.05, 0.1) is 4.91 Å². The number of thiocarbonyl (C=S) groups is 1. The molecule has 0 radical (unpaired) electrons. The number of amides is 1. The van der Waals surface area contributed by atoms with Gasteiger partial charge in [-0.25, -0.2) is 4.39 Å². The van der Waals surface area contributed by atoms with Crippen LogP contribution in [0.4, 0.5) is 4.39 Å². The molecule has 1 saturated heterocycles. The summed E-state index contributed by atoms with van der Waals surface area (Å²) in [6.07, 6.45) is 1.82. The first-order valence-corrected chi connectivity index (χ1v) is 9.02. The van der Waals surface area contributed by atoms with Crippen LogP contribution in [0.25, 0.3) is 6.08 Å². The first-order chi connectivity index (χ1) is 12.1. The van der Waals surface area contributed by atoms with E-state index in [1.165, 1.54) is 23.9 Å². The third-order valence-electron chi connectivity index (χ3n) is 3.66. The van der Waals surface area contributed by atoms with E-state index in [2.05, 4.69) is 0 Å². The minimum Gasteiger partial charge on any atom is -0.489 e. The molecule has 0 atom stereocenters. The minimum absolute atomic E-state index is 0.0601. The predicted molar refractivity (Wildman–Crippen MR) is 103 cm³/mol. The lowest BCUT2D eigenvalue weighted by molar-refractivity contribution is -0.121. The molecule has 1 aliphatic heterocycles. The molecular formula is C19H16FNO2S2. The summed E-state index contributed by atoms with van der Waals surface area (Å²) in [6, 6.07) is 13.7. The molecule has 0 unspecified atom stereocenters. The zero-order valence-electron chi connectivity index (χ0n) is 13.6. The summed E-state index contributed by atoms with van der Waals surface area (Å²) in [5.74, 6) is 0.356. The van der Waals surface area contributed by atoms with Crippen LogP contribution in [0.3, 0.4) is 0 Å². The fourth-order valence-corrected chi connectivity index (χ4v) is 3.75. The molecule has 0 bridgehead atoms. The summed E-state index contributed by atoms with van der Waals surface area (Å²) in [5, 5.41) is 0. The fraction of sp³-hybridized carbons (Fsp3) is 0.158. The minimum atomic E-state index is -0.268. The molecule has 2 aromatic rings. The smallest absolute Gasteiger partial charge is 0.266 e. The lowest BCUT2D eigenvalue weighted by Crippen LogP contribution is -2.27. The van der Waals surface area contributed by atoms with Crippen molar-refractivity contribution in [3.8, 4) is 5.75 Å². The molecule has 0 saturated carbocycles. The Morgan fingerprint density at radius 3 is 2.68 bits per heavy atom. The van der Waals surface area contributed by atoms with E-state index in [1.54, 1.807) is 17.0 Å². The zero-order chi connectivity index (χ0) is 17.8. The highest BCUT2D eigenvalue weighted by Crippen LogP contribution is 2.32. The number of carbonyl (C=O) groups is 1. The first-order valence-electron chi connectivity index (χ1n) is 7.79. The van der Waals surface area contributed by atoms with E-state index in [4.69, 9.17) is 17.0 Å². The van der Waals surface area contributed by atoms with Gasteiger partial charge in [0.25, 0.3) is 5.91 Å². The number of hydrogen-bond donors (Lipinski definition) is 0. The fourth-order valence-electron chi connectivity index (χ4n) is 2.37. The number of rotatable bonds is 5. The van der Waals surface area contributed by atoms with Crippen molar-refractivity contribution in [3.63, 3.8) is 0 Å². The molecule has 1 heterocycles. The largest absolute Gasteiger partial charge is 0.489 e. The number of benzene rings is 2. The Bertz CT molecular complexity index is 834. The molecule has 1 amide bonds. The van der Waals surface area contributed by atoms with Gasteiger partial charge in [-0.3, -0.25) is 9.69 Å². The summed E-state index contributed by atoms with van der Waals surface area (Å²) in [5.41, 5.74) is 1.75. The van der Waals surface area contributed by atoms with E-state index in [9.17, 15) is 9.18 Å². The summed E-state index contributed by atoms with van der Waals surface area (Å²) in [7, 11) is 0. The Morgan fingerprint density at radius 2 is 2.00 bits per heavy atom. The average molecular weight is 373 g/mol. The van der Waals surface area contributed by atoms with Crippen molar-refractivity contribution in [3.05, 3.63) is 70.4 Å². The van der Waals surface area contributed by atoms with Crippen molar-refractivity contribution in [2.24, 2.45) is 0 Å². The van der Waals surface area contributed by atoms with Crippen LogP contribution in [-0.2, 0) is 11.4 Å². The Morgan fingerprint density at radius 1 is 1.24 bits per heavy atom. The molecule has 2 aromatic carbocycles. The van der Waals surface area contributed by atoms with Gasteiger partial charge in [0.2, 0.25) is 0 Å². The molecule has 128 valence electrons. The summed E-state index contributed by atoms with van der Waals surface area (Å²) < 4.78 is 19.3. The topological polar surface area (TPSA) is 29.5 Å². The van der Waals surface area contributed by atoms with Crippen molar-refractivity contribution >= 4 is 40.3 Å². The average Bonchev–Trinajstić information content (AvgIpc) is 2.88. The van der Waals surface area contributed by atoms with Crippen molar-refractivity contribution in [1.29, 1.82) is 0 Å². The van der Waals surface area contributed by atoms with E-state index >= 15 is 0 Å². The second-order valence-corrected chi connectivity index (χ2v) is 7.09. The van der Waals surface area contributed by atoms with Crippen LogP contribution in [0.5, 0.6) is 5.75 Å². The van der Waals surface area contributed by atoms with E-state index in [0.29, 0.717) is 28.1 Å².